The van der Waals surface area contributed by atoms with Gasteiger partial charge in [0.1, 0.15) is 0 Å². The van der Waals surface area contributed by atoms with E-state index in [0.29, 0.717) is 11.7 Å². The van der Waals surface area contributed by atoms with E-state index in [1.54, 1.807) is 6.21 Å². The van der Waals surface area contributed by atoms with Crippen LogP contribution in [0.4, 0.5) is 0 Å². The van der Waals surface area contributed by atoms with Crippen molar-refractivity contribution in [1.29, 1.82) is 0 Å². The molecule has 0 aliphatic rings. The summed E-state index contributed by atoms with van der Waals surface area (Å²) >= 11 is 12.0. The summed E-state index contributed by atoms with van der Waals surface area (Å²) in [5, 5.41) is 12.9. The number of hydrogen-bond donors (Lipinski definition) is 2. The van der Waals surface area contributed by atoms with Crippen LogP contribution in [0.5, 0.6) is 0 Å². The summed E-state index contributed by atoms with van der Waals surface area (Å²) in [4.78, 5) is 0. The van der Waals surface area contributed by atoms with Gasteiger partial charge in [0.15, 0.2) is 5.11 Å². The molecule has 0 amide bonds. The van der Waals surface area contributed by atoms with Crippen LogP contribution in [0.25, 0.3) is 21.5 Å². The summed E-state index contributed by atoms with van der Waals surface area (Å²) in [5.41, 5.74) is 5.07. The monoisotopic (exact) mass is 403 g/mol. The molecular weight excluding hydrogens is 386 g/mol. The Morgan fingerprint density at radius 3 is 1.96 bits per heavy atom. The summed E-state index contributed by atoms with van der Waals surface area (Å²) in [7, 11) is 0. The zero-order valence-electron chi connectivity index (χ0n) is 15.0. The van der Waals surface area contributed by atoms with Gasteiger partial charge in [0.25, 0.3) is 0 Å². The third-order valence-corrected chi connectivity index (χ3v) is 5.21. The number of rotatable bonds is 4. The minimum atomic E-state index is 0.475. The maximum absolute atomic E-state index is 6.64. The van der Waals surface area contributed by atoms with Crippen molar-refractivity contribution >= 4 is 56.7 Å². The predicted molar refractivity (Wildman–Crippen MR) is 123 cm³/mol. The van der Waals surface area contributed by atoms with Gasteiger partial charge in [-0.05, 0) is 28.6 Å². The quantitative estimate of drug-likeness (QED) is 0.200. The molecule has 5 heteroatoms. The zero-order chi connectivity index (χ0) is 19.3. The van der Waals surface area contributed by atoms with Crippen LogP contribution in [0.2, 0.25) is 5.02 Å². The molecule has 0 saturated heterocycles. The molecule has 0 saturated carbocycles. The number of nitrogens with one attached hydrogen (secondary N) is 2. The molecule has 4 aromatic rings. The fourth-order valence-corrected chi connectivity index (χ4v) is 3.68. The van der Waals surface area contributed by atoms with Crippen molar-refractivity contribution in [2.75, 3.05) is 0 Å². The summed E-state index contributed by atoms with van der Waals surface area (Å²) < 4.78 is 0. The van der Waals surface area contributed by atoms with Crippen molar-refractivity contribution in [1.82, 2.24) is 10.7 Å². The molecule has 2 N–H and O–H groups in total. The second-order valence-electron chi connectivity index (χ2n) is 6.36. The highest BCUT2D eigenvalue weighted by Crippen LogP contribution is 2.35. The molecule has 4 aromatic carbocycles. The third-order valence-electron chi connectivity index (χ3n) is 4.56. The van der Waals surface area contributed by atoms with Crippen LogP contribution in [-0.4, -0.2) is 11.3 Å². The molecule has 138 valence electrons. The SMILES string of the molecule is S=C(NCc1ccccc1)N/N=C\c1c2ccccc2c(Cl)c2ccccc12. The standard InChI is InChI=1S/C23H18ClN3S/c24-22-19-12-6-4-10-17(19)21(18-11-5-7-13-20(18)22)15-26-27-23(28)25-14-16-8-2-1-3-9-16/h1-13,15H,14H2,(H2,25,27,28)/b26-15-. The molecule has 0 unspecified atom stereocenters. The lowest BCUT2D eigenvalue weighted by Gasteiger charge is -2.11. The highest BCUT2D eigenvalue weighted by molar-refractivity contribution is 7.80. The third kappa shape index (κ3) is 3.84. The first kappa shape index (κ1) is 18.4. The number of hydrogen-bond acceptors (Lipinski definition) is 2. The summed E-state index contributed by atoms with van der Waals surface area (Å²) in [6, 6.07) is 26.2. The van der Waals surface area contributed by atoms with Gasteiger partial charge in [0.05, 0.1) is 11.2 Å². The Labute approximate surface area is 174 Å². The first-order chi connectivity index (χ1) is 13.7. The van der Waals surface area contributed by atoms with Gasteiger partial charge >= 0.3 is 0 Å². The lowest BCUT2D eigenvalue weighted by atomic mass is 9.97. The highest BCUT2D eigenvalue weighted by atomic mass is 35.5. The molecule has 0 aromatic heterocycles. The van der Waals surface area contributed by atoms with Crippen LogP contribution < -0.4 is 10.7 Å². The average Bonchev–Trinajstić information content (AvgIpc) is 2.75. The average molecular weight is 404 g/mol. The van der Waals surface area contributed by atoms with Crippen molar-refractivity contribution < 1.29 is 0 Å². The van der Waals surface area contributed by atoms with Gasteiger partial charge in [-0.15, -0.1) is 0 Å². The summed E-state index contributed by atoms with van der Waals surface area (Å²) in [6.45, 7) is 0.648. The van der Waals surface area contributed by atoms with E-state index < -0.39 is 0 Å². The zero-order valence-corrected chi connectivity index (χ0v) is 16.6. The molecule has 4 rings (SSSR count). The number of thiocarbonyl (C=S) groups is 1. The fourth-order valence-electron chi connectivity index (χ4n) is 3.22. The Hall–Kier alpha value is -2.95. The van der Waals surface area contributed by atoms with E-state index in [9.17, 15) is 0 Å². The van der Waals surface area contributed by atoms with Crippen LogP contribution in [0, 0.1) is 0 Å². The maximum Gasteiger partial charge on any atom is 0.187 e. The van der Waals surface area contributed by atoms with Crippen molar-refractivity contribution in [2.24, 2.45) is 5.10 Å². The van der Waals surface area contributed by atoms with Crippen LogP contribution in [0.15, 0.2) is 84.0 Å². The molecule has 0 spiro atoms. The lowest BCUT2D eigenvalue weighted by Crippen LogP contribution is -2.31. The molecule has 28 heavy (non-hydrogen) atoms. The van der Waals surface area contributed by atoms with Gasteiger partial charge in [-0.25, -0.2) is 0 Å². The van der Waals surface area contributed by atoms with E-state index in [2.05, 4.69) is 28.0 Å². The van der Waals surface area contributed by atoms with Gasteiger partial charge in [-0.1, -0.05) is 90.5 Å². The minimum absolute atomic E-state index is 0.475. The Morgan fingerprint density at radius 2 is 1.36 bits per heavy atom. The summed E-state index contributed by atoms with van der Waals surface area (Å²) in [6.07, 6.45) is 1.80. The van der Waals surface area contributed by atoms with E-state index in [1.165, 1.54) is 0 Å². The predicted octanol–water partition coefficient (Wildman–Crippen LogP) is 5.64. The molecule has 0 aliphatic heterocycles. The van der Waals surface area contributed by atoms with Crippen LogP contribution in [-0.2, 0) is 6.54 Å². The first-order valence-electron chi connectivity index (χ1n) is 8.94. The largest absolute Gasteiger partial charge is 0.357 e. The van der Waals surface area contributed by atoms with Crippen molar-refractivity contribution in [3.8, 4) is 0 Å². The number of fused-ring (bicyclic) bond motifs is 2. The highest BCUT2D eigenvalue weighted by Gasteiger charge is 2.10. The minimum Gasteiger partial charge on any atom is -0.357 e. The van der Waals surface area contributed by atoms with E-state index in [1.807, 2.05) is 66.7 Å². The van der Waals surface area contributed by atoms with Gasteiger partial charge in [-0.3, -0.25) is 5.43 Å². The van der Waals surface area contributed by atoms with Crippen LogP contribution in [0.1, 0.15) is 11.1 Å². The molecule has 0 fully saturated rings. The molecule has 3 nitrogen and oxygen atoms in total. The first-order valence-corrected chi connectivity index (χ1v) is 9.72. The molecular formula is C23H18ClN3S. The van der Waals surface area contributed by atoms with Crippen molar-refractivity contribution in [3.63, 3.8) is 0 Å². The Kier molecular flexibility index (Phi) is 5.51. The Morgan fingerprint density at radius 1 is 0.821 bits per heavy atom. The van der Waals surface area contributed by atoms with E-state index in [4.69, 9.17) is 23.8 Å². The molecule has 0 radical (unpaired) electrons. The number of halogens is 1. The Bertz CT molecular complexity index is 1120. The van der Waals surface area contributed by atoms with Gasteiger partial charge in [0.2, 0.25) is 0 Å². The lowest BCUT2D eigenvalue weighted by molar-refractivity contribution is 0.869. The maximum atomic E-state index is 6.64. The second-order valence-corrected chi connectivity index (χ2v) is 7.14. The number of nitrogens with zero attached hydrogens (tertiary/aromatic N) is 1. The van der Waals surface area contributed by atoms with E-state index in [0.717, 1.165) is 37.7 Å². The van der Waals surface area contributed by atoms with Crippen molar-refractivity contribution in [3.05, 3.63) is 95.0 Å². The van der Waals surface area contributed by atoms with Gasteiger partial charge in [-0.2, -0.15) is 5.10 Å². The van der Waals surface area contributed by atoms with Gasteiger partial charge in [0, 0.05) is 22.9 Å². The Balaban J connectivity index is 1.58. The molecule has 0 atom stereocenters. The van der Waals surface area contributed by atoms with Crippen LogP contribution >= 0.6 is 23.8 Å². The fraction of sp³-hybridized carbons (Fsp3) is 0.0435. The second kappa shape index (κ2) is 8.38. The van der Waals surface area contributed by atoms with Crippen molar-refractivity contribution in [2.45, 2.75) is 6.54 Å². The number of hydrazone groups is 1. The normalized spacial score (nSPS) is 11.2. The topological polar surface area (TPSA) is 36.4 Å². The van der Waals surface area contributed by atoms with E-state index in [-0.39, 0.29) is 0 Å². The molecule has 0 bridgehead atoms. The molecule has 0 aliphatic carbocycles. The van der Waals surface area contributed by atoms with Gasteiger partial charge < -0.3 is 5.32 Å². The smallest absolute Gasteiger partial charge is 0.187 e. The van der Waals surface area contributed by atoms with Crippen LogP contribution in [0.3, 0.4) is 0 Å². The van der Waals surface area contributed by atoms with E-state index >= 15 is 0 Å². The summed E-state index contributed by atoms with van der Waals surface area (Å²) in [5.74, 6) is 0. The molecule has 0 heterocycles. The number of benzene rings is 4.